The molecule has 5 nitrogen and oxygen atoms in total. The van der Waals surface area contributed by atoms with Crippen molar-refractivity contribution < 1.29 is 24.1 Å². The van der Waals surface area contributed by atoms with E-state index >= 15 is 0 Å². The van der Waals surface area contributed by atoms with Crippen molar-refractivity contribution in [2.45, 2.75) is 38.4 Å². The molecule has 1 heterocycles. The molecule has 160 valence electrons. The molecule has 0 saturated carbocycles. The molecule has 4 atom stereocenters. The Morgan fingerprint density at radius 2 is 2.00 bits per heavy atom. The van der Waals surface area contributed by atoms with Crippen LogP contribution in [-0.4, -0.2) is 30.9 Å². The lowest BCUT2D eigenvalue weighted by atomic mass is 9.76. The van der Waals surface area contributed by atoms with Crippen LogP contribution in [0.1, 0.15) is 43.4 Å². The summed E-state index contributed by atoms with van der Waals surface area (Å²) < 4.78 is 17.5. The Hall–Kier alpha value is -2.50. The van der Waals surface area contributed by atoms with Crippen LogP contribution in [0.3, 0.4) is 0 Å². The van der Waals surface area contributed by atoms with Crippen molar-refractivity contribution in [2.75, 3.05) is 13.7 Å². The Morgan fingerprint density at radius 3 is 2.63 bits per heavy atom. The lowest BCUT2D eigenvalue weighted by molar-refractivity contribution is -0.139. The van der Waals surface area contributed by atoms with E-state index in [0.29, 0.717) is 11.5 Å². The fourth-order valence-electron chi connectivity index (χ4n) is 4.06. The lowest BCUT2D eigenvalue weighted by Gasteiger charge is -2.42. The van der Waals surface area contributed by atoms with Crippen LogP contribution in [0.2, 0.25) is 5.02 Å². The molecule has 1 aliphatic heterocycles. The second-order valence-electron chi connectivity index (χ2n) is 7.66. The largest absolute Gasteiger partial charge is 0.497 e. The van der Waals surface area contributed by atoms with Crippen molar-refractivity contribution in [1.82, 2.24) is 0 Å². The Kier molecular flexibility index (Phi) is 7.06. The first-order valence-electron chi connectivity index (χ1n) is 9.89. The smallest absolute Gasteiger partial charge is 0.341 e. The highest BCUT2D eigenvalue weighted by atomic mass is 35.5. The van der Waals surface area contributed by atoms with E-state index in [0.717, 1.165) is 28.1 Å². The average Bonchev–Trinajstić information content (AvgIpc) is 2.72. The maximum Gasteiger partial charge on any atom is 0.341 e. The third-order valence-corrected chi connectivity index (χ3v) is 5.96. The summed E-state index contributed by atoms with van der Waals surface area (Å²) in [6.07, 6.45) is 0.361. The van der Waals surface area contributed by atoms with Crippen LogP contribution < -0.4 is 9.47 Å². The van der Waals surface area contributed by atoms with Crippen molar-refractivity contribution in [3.63, 3.8) is 0 Å². The van der Waals surface area contributed by atoms with Gasteiger partial charge >= 0.3 is 5.97 Å². The van der Waals surface area contributed by atoms with Crippen LogP contribution >= 0.6 is 11.6 Å². The second kappa shape index (κ2) is 9.54. The van der Waals surface area contributed by atoms with E-state index in [1.165, 1.54) is 0 Å². The van der Waals surface area contributed by atoms with Crippen LogP contribution in [0.4, 0.5) is 0 Å². The van der Waals surface area contributed by atoms with Gasteiger partial charge in [0.2, 0.25) is 0 Å². The number of rotatable bonds is 7. The Bertz CT molecular complexity index is 926. The number of carboxylic acids is 1. The first kappa shape index (κ1) is 22.2. The molecule has 1 N–H and O–H groups in total. The molecule has 2 aromatic carbocycles. The predicted molar refractivity (Wildman–Crippen MR) is 117 cm³/mol. The van der Waals surface area contributed by atoms with Gasteiger partial charge < -0.3 is 19.3 Å². The molecule has 0 radical (unpaired) electrons. The van der Waals surface area contributed by atoms with Crippen LogP contribution in [0.5, 0.6) is 11.5 Å². The fourth-order valence-corrected chi connectivity index (χ4v) is 4.34. The first-order chi connectivity index (χ1) is 14.3. The zero-order valence-corrected chi connectivity index (χ0v) is 18.2. The van der Waals surface area contributed by atoms with E-state index in [9.17, 15) is 4.79 Å². The van der Waals surface area contributed by atoms with Crippen molar-refractivity contribution in [3.8, 4) is 11.5 Å². The minimum absolute atomic E-state index is 0.00163. The van der Waals surface area contributed by atoms with E-state index in [-0.39, 0.29) is 24.0 Å². The summed E-state index contributed by atoms with van der Waals surface area (Å²) in [5, 5.41) is 9.76. The van der Waals surface area contributed by atoms with Crippen molar-refractivity contribution in [2.24, 2.45) is 5.92 Å². The number of carboxylic acid groups (broad SMARTS) is 1. The number of hydrogen-bond acceptors (Lipinski definition) is 4. The second-order valence-corrected chi connectivity index (χ2v) is 8.07. The molecule has 1 aliphatic rings. The van der Waals surface area contributed by atoms with E-state index in [1.807, 2.05) is 44.2 Å². The van der Waals surface area contributed by atoms with E-state index in [2.05, 4.69) is 6.58 Å². The molecule has 30 heavy (non-hydrogen) atoms. The van der Waals surface area contributed by atoms with Gasteiger partial charge in [0, 0.05) is 22.4 Å². The van der Waals surface area contributed by atoms with Gasteiger partial charge in [-0.2, -0.15) is 0 Å². The van der Waals surface area contributed by atoms with Crippen LogP contribution in [0.15, 0.2) is 54.6 Å². The molecular weight excluding hydrogens is 404 g/mol. The van der Waals surface area contributed by atoms with Gasteiger partial charge in [0.15, 0.2) is 6.61 Å². The number of aliphatic carboxylic acids is 1. The third-order valence-electron chi connectivity index (χ3n) is 5.61. The zero-order valence-electron chi connectivity index (χ0n) is 17.4. The summed E-state index contributed by atoms with van der Waals surface area (Å²) in [6, 6.07) is 13.1. The molecule has 1 fully saturated rings. The molecule has 3 rings (SSSR count). The van der Waals surface area contributed by atoms with Gasteiger partial charge in [-0.05, 0) is 50.1 Å². The topological polar surface area (TPSA) is 65.0 Å². The average molecular weight is 431 g/mol. The van der Waals surface area contributed by atoms with E-state index in [4.69, 9.17) is 30.9 Å². The van der Waals surface area contributed by atoms with E-state index < -0.39 is 12.6 Å². The van der Waals surface area contributed by atoms with Gasteiger partial charge in [-0.1, -0.05) is 42.0 Å². The van der Waals surface area contributed by atoms with Gasteiger partial charge in [-0.15, -0.1) is 0 Å². The molecular formula is C24H27ClO5. The minimum atomic E-state index is -1.04. The summed E-state index contributed by atoms with van der Waals surface area (Å²) in [5.41, 5.74) is 2.80. The monoisotopic (exact) mass is 430 g/mol. The van der Waals surface area contributed by atoms with Gasteiger partial charge in [-0.25, -0.2) is 4.79 Å². The van der Waals surface area contributed by atoms with Crippen molar-refractivity contribution >= 4 is 17.6 Å². The van der Waals surface area contributed by atoms with Gasteiger partial charge in [0.1, 0.15) is 11.5 Å². The number of methoxy groups -OCH3 is 1. The lowest BCUT2D eigenvalue weighted by Crippen LogP contribution is -2.34. The molecule has 0 aliphatic carbocycles. The minimum Gasteiger partial charge on any atom is -0.497 e. The zero-order chi connectivity index (χ0) is 21.8. The molecule has 1 saturated heterocycles. The number of ether oxygens (including phenoxy) is 3. The normalized spacial score (nSPS) is 23.6. The molecule has 0 unspecified atom stereocenters. The van der Waals surface area contributed by atoms with Crippen LogP contribution in [0, 0.1) is 5.92 Å². The standard InChI is InChI=1S/C24H27ClO5/c1-14(2)18-12-19(17-7-5-6-8-21(17)25)15(3)30-24(18)20-11-16(28-4)9-10-22(20)29-13-23(26)27/h5-11,15,18-19,24H,1,12-13H2,2-4H3,(H,26,27)/t15-,18+,19-,24-/m0/s1. The highest BCUT2D eigenvalue weighted by Gasteiger charge is 2.39. The summed E-state index contributed by atoms with van der Waals surface area (Å²) in [6.45, 7) is 7.79. The fraction of sp³-hybridized carbons (Fsp3) is 0.375. The molecule has 0 bridgehead atoms. The van der Waals surface area contributed by atoms with Gasteiger partial charge in [0.05, 0.1) is 19.3 Å². The predicted octanol–water partition coefficient (Wildman–Crippen LogP) is 5.64. The molecule has 0 spiro atoms. The SMILES string of the molecule is C=C(C)[C@H]1C[C@H](c2ccccc2Cl)[C@H](C)O[C@@H]1c1cc(OC)ccc1OCC(=O)O. The van der Waals surface area contributed by atoms with Crippen molar-refractivity contribution in [3.05, 3.63) is 70.8 Å². The summed E-state index contributed by atoms with van der Waals surface area (Å²) in [7, 11) is 1.59. The van der Waals surface area contributed by atoms with Gasteiger partial charge in [-0.3, -0.25) is 0 Å². The molecule has 6 heteroatoms. The Labute approximate surface area is 182 Å². The summed E-state index contributed by atoms with van der Waals surface area (Å²) in [5.74, 6) is 0.202. The Morgan fingerprint density at radius 1 is 1.27 bits per heavy atom. The highest BCUT2D eigenvalue weighted by Crippen LogP contribution is 2.49. The summed E-state index contributed by atoms with van der Waals surface area (Å²) in [4.78, 5) is 11.0. The molecule has 2 aromatic rings. The third kappa shape index (κ3) is 4.79. The van der Waals surface area contributed by atoms with Gasteiger partial charge in [0.25, 0.3) is 0 Å². The van der Waals surface area contributed by atoms with Crippen LogP contribution in [0.25, 0.3) is 0 Å². The number of hydrogen-bond donors (Lipinski definition) is 1. The van der Waals surface area contributed by atoms with Crippen molar-refractivity contribution in [1.29, 1.82) is 0 Å². The quantitative estimate of drug-likeness (QED) is 0.576. The maximum absolute atomic E-state index is 11.0. The molecule has 0 aromatic heterocycles. The van der Waals surface area contributed by atoms with E-state index in [1.54, 1.807) is 19.2 Å². The Balaban J connectivity index is 1.98. The number of carbonyl (C=O) groups is 1. The first-order valence-corrected chi connectivity index (χ1v) is 10.3. The highest BCUT2D eigenvalue weighted by molar-refractivity contribution is 6.31. The number of halogens is 1. The van der Waals surface area contributed by atoms with Crippen LogP contribution in [-0.2, 0) is 9.53 Å². The molecule has 0 amide bonds. The number of benzene rings is 2. The summed E-state index contributed by atoms with van der Waals surface area (Å²) >= 11 is 6.47. The maximum atomic E-state index is 11.0.